The summed E-state index contributed by atoms with van der Waals surface area (Å²) in [5.41, 5.74) is 0.816. The molecule has 1 heteroatoms. The van der Waals surface area contributed by atoms with E-state index in [-0.39, 0.29) is 46.0 Å². The molecule has 0 spiro atoms. The minimum atomic E-state index is -0.438. The third kappa shape index (κ3) is 1.48. The third-order valence-electron chi connectivity index (χ3n) is 3.05. The van der Waals surface area contributed by atoms with Crippen LogP contribution in [0.1, 0.15) is 11.0 Å². The lowest BCUT2D eigenvalue weighted by Crippen LogP contribution is -1.92. The van der Waals surface area contributed by atoms with Crippen LogP contribution in [0.4, 0.5) is 0 Å². The van der Waals surface area contributed by atoms with E-state index in [9.17, 15) is 0 Å². The largest absolute Gasteiger partial charge is 0.309 e. The third-order valence-corrected chi connectivity index (χ3v) is 3.05. The Morgan fingerprint density at radius 2 is 1.21 bits per heavy atom. The predicted molar refractivity (Wildman–Crippen MR) is 80.8 cm³/mol. The fraction of sp³-hybridized carbons (Fsp3) is 0. The Bertz CT molecular complexity index is 1170. The average Bonchev–Trinajstić information content (AvgIpc) is 3.04. The molecular formula is C18H13N. The molecule has 0 radical (unpaired) electrons. The summed E-state index contributed by atoms with van der Waals surface area (Å²) in [4.78, 5) is 0. The molecule has 0 N–H and O–H groups in total. The fourth-order valence-corrected chi connectivity index (χ4v) is 2.26. The zero-order valence-electron chi connectivity index (χ0n) is 17.8. The maximum absolute atomic E-state index is 8.37. The lowest BCUT2D eigenvalue weighted by molar-refractivity contribution is 1.18. The summed E-state index contributed by atoms with van der Waals surface area (Å²) in [5.74, 6) is 0. The number of hydrogen-bond acceptors (Lipinski definition) is 0. The molecule has 0 amide bonds. The molecule has 0 unspecified atom stereocenters. The minimum absolute atomic E-state index is 0.0897. The van der Waals surface area contributed by atoms with Gasteiger partial charge < -0.3 is 4.57 Å². The molecule has 4 rings (SSSR count). The van der Waals surface area contributed by atoms with Crippen molar-refractivity contribution < 1.29 is 11.0 Å². The Hall–Kier alpha value is -2.54. The van der Waals surface area contributed by atoms with E-state index in [1.165, 1.54) is 4.57 Å². The van der Waals surface area contributed by atoms with Gasteiger partial charge in [0, 0.05) is 16.5 Å². The highest BCUT2D eigenvalue weighted by Gasteiger charge is 2.10. The quantitative estimate of drug-likeness (QED) is 0.458. The van der Waals surface area contributed by atoms with Crippen LogP contribution in [-0.2, 0) is 0 Å². The molecule has 0 fully saturated rings. The SMILES string of the molecule is [2H]c1c([2H])c([2H])c2c(c1[2H])c1c([2H])c([2H])c([2H])c([2H])c1n2-c1ccccc1. The average molecular weight is 251 g/mol. The first kappa shape index (κ1) is 5.22. The molecule has 0 aliphatic rings. The highest BCUT2D eigenvalue weighted by molar-refractivity contribution is 6.09. The van der Waals surface area contributed by atoms with Crippen LogP contribution < -0.4 is 0 Å². The van der Waals surface area contributed by atoms with Crippen LogP contribution in [0.5, 0.6) is 0 Å². The normalized spacial score (nSPS) is 17.1. The first-order chi connectivity index (χ1) is 12.8. The van der Waals surface area contributed by atoms with E-state index < -0.39 is 24.2 Å². The molecule has 3 aromatic carbocycles. The highest BCUT2D eigenvalue weighted by Crippen LogP contribution is 2.31. The van der Waals surface area contributed by atoms with Crippen LogP contribution in [0.15, 0.2) is 78.7 Å². The van der Waals surface area contributed by atoms with Crippen molar-refractivity contribution in [1.29, 1.82) is 0 Å². The monoisotopic (exact) mass is 251 g/mol. The van der Waals surface area contributed by atoms with Crippen molar-refractivity contribution >= 4 is 21.8 Å². The van der Waals surface area contributed by atoms with E-state index in [0.717, 1.165) is 0 Å². The van der Waals surface area contributed by atoms with Crippen molar-refractivity contribution in [2.45, 2.75) is 0 Å². The fourth-order valence-electron chi connectivity index (χ4n) is 2.26. The number of aromatic nitrogens is 1. The van der Waals surface area contributed by atoms with Crippen LogP contribution in [0.25, 0.3) is 27.5 Å². The van der Waals surface area contributed by atoms with Gasteiger partial charge in [-0.05, 0) is 24.2 Å². The molecule has 0 aliphatic heterocycles. The second-order valence-electron chi connectivity index (χ2n) is 4.12. The van der Waals surface area contributed by atoms with E-state index in [1.54, 1.807) is 30.3 Å². The number of nitrogens with zero attached hydrogens (tertiary/aromatic N) is 1. The van der Waals surface area contributed by atoms with E-state index >= 15 is 0 Å². The zero-order chi connectivity index (χ0) is 19.6. The smallest absolute Gasteiger partial charge is 0.0645 e. The van der Waals surface area contributed by atoms with Crippen molar-refractivity contribution in [1.82, 2.24) is 4.57 Å². The summed E-state index contributed by atoms with van der Waals surface area (Å²) in [6.45, 7) is 0. The molecule has 0 atom stereocenters. The van der Waals surface area contributed by atoms with Gasteiger partial charge >= 0.3 is 0 Å². The van der Waals surface area contributed by atoms with Gasteiger partial charge in [0.15, 0.2) is 0 Å². The molecule has 0 aliphatic carbocycles. The molecular weight excluding hydrogens is 230 g/mol. The molecule has 1 aromatic heterocycles. The van der Waals surface area contributed by atoms with Crippen LogP contribution in [-0.4, -0.2) is 4.57 Å². The zero-order valence-corrected chi connectivity index (χ0v) is 9.83. The van der Waals surface area contributed by atoms with Gasteiger partial charge in [0.1, 0.15) is 0 Å². The van der Waals surface area contributed by atoms with Gasteiger partial charge in [-0.2, -0.15) is 0 Å². The summed E-state index contributed by atoms with van der Waals surface area (Å²) < 4.78 is 66.9. The lowest BCUT2D eigenvalue weighted by Gasteiger charge is -2.06. The Kier molecular flexibility index (Phi) is 1.10. The first-order valence-electron chi connectivity index (χ1n) is 9.83. The second kappa shape index (κ2) is 3.99. The summed E-state index contributed by atoms with van der Waals surface area (Å²) >= 11 is 0. The van der Waals surface area contributed by atoms with Crippen molar-refractivity contribution in [3.05, 3.63) is 78.7 Å². The maximum atomic E-state index is 8.37. The molecule has 0 bridgehead atoms. The standard InChI is InChI=1S/C18H13N/c1-2-8-14(9-3-1)19-17-12-6-4-10-15(17)16-11-5-7-13-18(16)19/h1-13H/i4D,5D,6D,7D,10D,11D,12D,13D. The Morgan fingerprint density at radius 1 is 0.684 bits per heavy atom. The Labute approximate surface area is 123 Å². The molecule has 1 nitrogen and oxygen atoms in total. The summed E-state index contributed by atoms with van der Waals surface area (Å²) in [5, 5.41) is 0.179. The molecule has 1 heterocycles. The number of hydrogen-bond donors (Lipinski definition) is 0. The van der Waals surface area contributed by atoms with Crippen molar-refractivity contribution in [3.8, 4) is 5.69 Å². The van der Waals surface area contributed by atoms with Crippen LogP contribution in [0.3, 0.4) is 0 Å². The van der Waals surface area contributed by atoms with Crippen molar-refractivity contribution in [3.63, 3.8) is 0 Å². The van der Waals surface area contributed by atoms with Gasteiger partial charge in [0.05, 0.1) is 22.0 Å². The number of para-hydroxylation sites is 3. The number of rotatable bonds is 1. The van der Waals surface area contributed by atoms with Crippen molar-refractivity contribution in [2.24, 2.45) is 0 Å². The summed E-state index contributed by atoms with van der Waals surface area (Å²) in [6.07, 6.45) is 0. The summed E-state index contributed by atoms with van der Waals surface area (Å²) in [7, 11) is 0. The topological polar surface area (TPSA) is 4.93 Å². The Balaban J connectivity index is 2.45. The first-order valence-corrected chi connectivity index (χ1v) is 5.83. The number of benzene rings is 3. The van der Waals surface area contributed by atoms with Gasteiger partial charge in [0.2, 0.25) is 0 Å². The van der Waals surface area contributed by atoms with E-state index in [2.05, 4.69) is 0 Å². The predicted octanol–water partition coefficient (Wildman–Crippen LogP) is 4.78. The van der Waals surface area contributed by atoms with E-state index in [1.807, 2.05) is 0 Å². The van der Waals surface area contributed by atoms with Crippen molar-refractivity contribution in [2.75, 3.05) is 0 Å². The van der Waals surface area contributed by atoms with Gasteiger partial charge in [-0.1, -0.05) is 54.5 Å². The Morgan fingerprint density at radius 3 is 1.79 bits per heavy atom. The summed E-state index contributed by atoms with van der Waals surface area (Å²) in [6, 6.07) is 5.82. The number of fused-ring (bicyclic) bond motifs is 3. The van der Waals surface area contributed by atoms with Gasteiger partial charge in [-0.15, -0.1) is 0 Å². The van der Waals surface area contributed by atoms with Gasteiger partial charge in [-0.25, -0.2) is 0 Å². The molecule has 4 aromatic rings. The van der Waals surface area contributed by atoms with Gasteiger partial charge in [0.25, 0.3) is 0 Å². The van der Waals surface area contributed by atoms with E-state index in [4.69, 9.17) is 11.0 Å². The minimum Gasteiger partial charge on any atom is -0.309 e. The molecule has 90 valence electrons. The molecule has 19 heavy (non-hydrogen) atoms. The van der Waals surface area contributed by atoms with Crippen LogP contribution in [0, 0.1) is 0 Å². The van der Waals surface area contributed by atoms with Crippen LogP contribution >= 0.6 is 0 Å². The second-order valence-corrected chi connectivity index (χ2v) is 4.12. The maximum Gasteiger partial charge on any atom is 0.0645 e. The van der Waals surface area contributed by atoms with Gasteiger partial charge in [-0.3, -0.25) is 0 Å². The van der Waals surface area contributed by atoms with E-state index in [0.29, 0.717) is 5.69 Å². The lowest BCUT2D eigenvalue weighted by atomic mass is 10.2. The molecule has 0 saturated carbocycles. The van der Waals surface area contributed by atoms with Crippen LogP contribution in [0.2, 0.25) is 0 Å². The highest BCUT2D eigenvalue weighted by atomic mass is 15.0. The molecule has 0 saturated heterocycles.